The molecule has 0 saturated carbocycles. The Balaban J connectivity index is 2.06. The van der Waals surface area contributed by atoms with E-state index < -0.39 is 24.1 Å². The number of aromatic nitrogens is 2. The summed E-state index contributed by atoms with van der Waals surface area (Å²) in [6.07, 6.45) is 3.42. The number of hydrogen-bond donors (Lipinski definition) is 1. The molecule has 2 aromatic carbocycles. The van der Waals surface area contributed by atoms with Gasteiger partial charge in [0.15, 0.2) is 11.6 Å². The SMILES string of the molecule is CN(C/C=C/C(=O)Nc1cc2c(N(N=O)c3ccc(F)c(Cl)c3)ncnc2cc1OC(F)F)N=O. The van der Waals surface area contributed by atoms with Gasteiger partial charge in [0.05, 0.1) is 39.0 Å². The lowest BCUT2D eigenvalue weighted by Gasteiger charge is -2.18. The minimum atomic E-state index is -3.22. The standard InChI is InChI=1S/C20H15ClF3N7O4/c1-30(28-33)6-2-3-18(32)27-16-8-12-15(9-17(16)35-20(23)24)25-10-26-19(12)31(29-34)11-4-5-14(22)13(21)7-11/h2-5,7-10,20H,6H2,1H3,(H,27,32)/b3-2+. The van der Waals surface area contributed by atoms with Crippen LogP contribution in [0.15, 0.2) is 59.4 Å². The van der Waals surface area contributed by atoms with Crippen molar-refractivity contribution in [2.45, 2.75) is 6.61 Å². The molecule has 1 aromatic heterocycles. The van der Waals surface area contributed by atoms with Crippen LogP contribution in [-0.2, 0) is 4.79 Å². The zero-order chi connectivity index (χ0) is 25.5. The Morgan fingerprint density at radius 3 is 2.66 bits per heavy atom. The maximum Gasteiger partial charge on any atom is 0.387 e. The maximum absolute atomic E-state index is 13.6. The number of amides is 1. The van der Waals surface area contributed by atoms with Crippen LogP contribution in [0.2, 0.25) is 5.02 Å². The lowest BCUT2D eigenvalue weighted by atomic mass is 10.1. The van der Waals surface area contributed by atoms with Crippen LogP contribution >= 0.6 is 11.6 Å². The van der Waals surface area contributed by atoms with E-state index in [1.807, 2.05) is 0 Å². The highest BCUT2D eigenvalue weighted by Crippen LogP contribution is 2.37. The van der Waals surface area contributed by atoms with Crippen molar-refractivity contribution < 1.29 is 22.7 Å². The molecule has 35 heavy (non-hydrogen) atoms. The van der Waals surface area contributed by atoms with E-state index in [-0.39, 0.29) is 39.7 Å². The Kier molecular flexibility index (Phi) is 8.09. The summed E-state index contributed by atoms with van der Waals surface area (Å²) in [6.45, 7) is -3.20. The molecule has 1 heterocycles. The number of halogens is 4. The number of fused-ring (bicyclic) bond motifs is 1. The third-order valence-corrected chi connectivity index (χ3v) is 4.69. The second-order valence-electron chi connectivity index (χ2n) is 6.75. The van der Waals surface area contributed by atoms with Gasteiger partial charge < -0.3 is 10.1 Å². The van der Waals surface area contributed by atoms with Gasteiger partial charge in [-0.25, -0.2) is 14.4 Å². The summed E-state index contributed by atoms with van der Waals surface area (Å²) in [5.41, 5.74) is -0.0752. The molecule has 3 rings (SSSR count). The minimum Gasteiger partial charge on any atom is -0.433 e. The molecule has 0 radical (unpaired) electrons. The van der Waals surface area contributed by atoms with Crippen LogP contribution in [0.1, 0.15) is 0 Å². The Morgan fingerprint density at radius 1 is 1.23 bits per heavy atom. The molecule has 0 fully saturated rings. The zero-order valence-electron chi connectivity index (χ0n) is 17.7. The average Bonchev–Trinajstić information content (AvgIpc) is 2.82. The van der Waals surface area contributed by atoms with Gasteiger partial charge in [0, 0.05) is 24.6 Å². The van der Waals surface area contributed by atoms with Gasteiger partial charge in [-0.3, -0.25) is 9.80 Å². The van der Waals surface area contributed by atoms with Crippen molar-refractivity contribution in [2.24, 2.45) is 10.6 Å². The third-order valence-electron chi connectivity index (χ3n) is 4.40. The fourth-order valence-corrected chi connectivity index (χ4v) is 3.05. The molecular formula is C20H15ClF3N7O4. The van der Waals surface area contributed by atoms with Crippen molar-refractivity contribution in [3.63, 3.8) is 0 Å². The molecule has 15 heteroatoms. The number of ether oxygens (including phenoxy) is 1. The van der Waals surface area contributed by atoms with Crippen LogP contribution in [0.25, 0.3) is 10.9 Å². The normalized spacial score (nSPS) is 11.0. The first-order valence-electron chi connectivity index (χ1n) is 9.57. The summed E-state index contributed by atoms with van der Waals surface area (Å²) >= 11 is 5.80. The Hall–Kier alpha value is -4.33. The molecular weight excluding hydrogens is 495 g/mol. The second-order valence-corrected chi connectivity index (χ2v) is 7.15. The van der Waals surface area contributed by atoms with Crippen molar-refractivity contribution in [1.29, 1.82) is 0 Å². The first kappa shape index (κ1) is 25.3. The highest BCUT2D eigenvalue weighted by atomic mass is 35.5. The predicted octanol–water partition coefficient (Wildman–Crippen LogP) is 4.95. The van der Waals surface area contributed by atoms with Crippen LogP contribution in [0.3, 0.4) is 0 Å². The molecule has 0 spiro atoms. The van der Waals surface area contributed by atoms with E-state index in [1.54, 1.807) is 0 Å². The number of nitrogens with one attached hydrogen (secondary N) is 1. The number of alkyl halides is 2. The highest BCUT2D eigenvalue weighted by Gasteiger charge is 2.20. The molecule has 0 saturated heterocycles. The quantitative estimate of drug-likeness (QED) is 0.231. The Bertz CT molecular complexity index is 1300. The maximum atomic E-state index is 13.6. The number of carbonyl (C=O) groups excluding carboxylic acids is 1. The molecule has 0 unspecified atom stereocenters. The second kappa shape index (κ2) is 11.2. The fourth-order valence-electron chi connectivity index (χ4n) is 2.88. The lowest BCUT2D eigenvalue weighted by Crippen LogP contribution is -2.14. The monoisotopic (exact) mass is 509 g/mol. The highest BCUT2D eigenvalue weighted by molar-refractivity contribution is 6.31. The Morgan fingerprint density at radius 2 is 2.00 bits per heavy atom. The molecule has 0 bridgehead atoms. The van der Waals surface area contributed by atoms with Gasteiger partial charge >= 0.3 is 6.61 Å². The van der Waals surface area contributed by atoms with E-state index in [0.717, 1.165) is 40.6 Å². The van der Waals surface area contributed by atoms with Crippen molar-refractivity contribution in [1.82, 2.24) is 15.0 Å². The minimum absolute atomic E-state index is 0.0210. The van der Waals surface area contributed by atoms with Gasteiger partial charge in [-0.05, 0) is 24.3 Å². The lowest BCUT2D eigenvalue weighted by molar-refractivity contribution is -0.112. The van der Waals surface area contributed by atoms with Crippen molar-refractivity contribution >= 4 is 45.6 Å². The van der Waals surface area contributed by atoms with Gasteiger partial charge in [0.1, 0.15) is 12.1 Å². The molecule has 1 N–H and O–H groups in total. The molecule has 0 aliphatic carbocycles. The van der Waals surface area contributed by atoms with Crippen LogP contribution in [0, 0.1) is 15.6 Å². The number of anilines is 3. The van der Waals surface area contributed by atoms with E-state index in [9.17, 15) is 27.8 Å². The van der Waals surface area contributed by atoms with Crippen molar-refractivity contribution in [2.75, 3.05) is 23.9 Å². The summed E-state index contributed by atoms with van der Waals surface area (Å²) < 4.78 is 44.0. The van der Waals surface area contributed by atoms with Crippen LogP contribution in [0.4, 0.5) is 30.4 Å². The third kappa shape index (κ3) is 6.17. The first-order chi connectivity index (χ1) is 16.7. The van der Waals surface area contributed by atoms with Gasteiger partial charge in [-0.2, -0.15) is 13.8 Å². The number of nitroso groups, excluding NO2 is 2. The summed E-state index contributed by atoms with van der Waals surface area (Å²) in [6, 6.07) is 5.69. The number of benzene rings is 2. The zero-order valence-corrected chi connectivity index (χ0v) is 18.5. The van der Waals surface area contributed by atoms with Gasteiger partial charge in [0.25, 0.3) is 0 Å². The summed E-state index contributed by atoms with van der Waals surface area (Å²) in [4.78, 5) is 42.3. The van der Waals surface area contributed by atoms with E-state index in [1.165, 1.54) is 25.3 Å². The van der Waals surface area contributed by atoms with E-state index in [2.05, 4.69) is 30.6 Å². The molecule has 0 aliphatic rings. The fraction of sp³-hybridized carbons (Fsp3) is 0.150. The van der Waals surface area contributed by atoms with Gasteiger partial charge in [-0.1, -0.05) is 17.7 Å². The number of likely N-dealkylation sites (N-methyl/N-ethyl adjacent to an activating group) is 1. The van der Waals surface area contributed by atoms with E-state index in [0.29, 0.717) is 0 Å². The smallest absolute Gasteiger partial charge is 0.387 e. The van der Waals surface area contributed by atoms with Gasteiger partial charge in [-0.15, -0.1) is 9.81 Å². The topological polar surface area (TPSA) is 129 Å². The van der Waals surface area contributed by atoms with Crippen LogP contribution in [-0.4, -0.2) is 41.1 Å². The van der Waals surface area contributed by atoms with Gasteiger partial charge in [0.2, 0.25) is 5.91 Å². The molecule has 1 amide bonds. The average molecular weight is 510 g/mol. The summed E-state index contributed by atoms with van der Waals surface area (Å²) in [7, 11) is 1.38. The number of rotatable bonds is 10. The molecule has 3 aromatic rings. The van der Waals surface area contributed by atoms with Crippen LogP contribution in [0.5, 0.6) is 5.75 Å². The molecule has 0 atom stereocenters. The molecule has 182 valence electrons. The van der Waals surface area contributed by atoms with E-state index in [4.69, 9.17) is 11.6 Å². The molecule has 11 nitrogen and oxygen atoms in total. The number of hydrogen-bond acceptors (Lipinski definition) is 8. The summed E-state index contributed by atoms with van der Waals surface area (Å²) in [5, 5.41) is 9.54. The summed E-state index contributed by atoms with van der Waals surface area (Å²) in [5.74, 6) is -1.99. The Labute approximate surface area is 200 Å². The first-order valence-corrected chi connectivity index (χ1v) is 9.95. The predicted molar refractivity (Wildman–Crippen MR) is 122 cm³/mol. The van der Waals surface area contributed by atoms with Crippen LogP contribution < -0.4 is 15.1 Å². The van der Waals surface area contributed by atoms with Crippen molar-refractivity contribution in [3.05, 3.63) is 69.5 Å². The molecule has 0 aliphatic heterocycles. The largest absolute Gasteiger partial charge is 0.433 e. The number of carbonyl (C=O) groups is 1. The van der Waals surface area contributed by atoms with E-state index >= 15 is 0 Å². The van der Waals surface area contributed by atoms with Crippen molar-refractivity contribution in [3.8, 4) is 5.75 Å². The number of nitrogens with zero attached hydrogens (tertiary/aromatic N) is 6.